The van der Waals surface area contributed by atoms with Crippen LogP contribution in [0.2, 0.25) is 0 Å². The van der Waals surface area contributed by atoms with Gasteiger partial charge in [-0.3, -0.25) is 0 Å². The lowest BCUT2D eigenvalue weighted by molar-refractivity contribution is 0.772. The van der Waals surface area contributed by atoms with Gasteiger partial charge in [-0.1, -0.05) is 128 Å². The van der Waals surface area contributed by atoms with E-state index in [1.54, 1.807) is 0 Å². The zero-order valence-corrected chi connectivity index (χ0v) is 16.9. The van der Waals surface area contributed by atoms with Crippen LogP contribution in [-0.4, -0.2) is 0 Å². The van der Waals surface area contributed by atoms with E-state index in [4.69, 9.17) is 0 Å². The molecule has 0 heterocycles. The maximum absolute atomic E-state index is 2.21. The van der Waals surface area contributed by atoms with E-state index in [0.29, 0.717) is 0 Å². The molecule has 0 spiro atoms. The third-order valence-electron chi connectivity index (χ3n) is 1.41. The first-order valence-electron chi connectivity index (χ1n) is 9.24. The van der Waals surface area contributed by atoms with Gasteiger partial charge >= 0.3 is 0 Å². The Kier molecular flexibility index (Phi) is 204. The highest BCUT2D eigenvalue weighted by molar-refractivity contribution is 4.24. The molecule has 0 N–H and O–H groups in total. The minimum atomic E-state index is 1.25. The molecule has 0 atom stereocenters. The van der Waals surface area contributed by atoms with Gasteiger partial charge in [0.15, 0.2) is 0 Å². The molecule has 0 aliphatic carbocycles. The number of rotatable bonds is 4. The van der Waals surface area contributed by atoms with Crippen molar-refractivity contribution < 1.29 is 0 Å². The summed E-state index contributed by atoms with van der Waals surface area (Å²) in [6, 6.07) is 0. The molecular formula is C19H50. The fourth-order valence-corrected chi connectivity index (χ4v) is 0.707. The van der Waals surface area contributed by atoms with Crippen LogP contribution in [0.5, 0.6) is 0 Å². The second-order valence-corrected chi connectivity index (χ2v) is 3.41. The van der Waals surface area contributed by atoms with Gasteiger partial charge in [-0.05, 0) is 0 Å². The SMILES string of the molecule is CC.CC.CC.CCC.CCCCC.CCCCC. The van der Waals surface area contributed by atoms with Crippen LogP contribution in [0.3, 0.4) is 0 Å². The van der Waals surface area contributed by atoms with Crippen LogP contribution in [0, 0.1) is 0 Å². The zero-order valence-electron chi connectivity index (χ0n) is 16.9. The average Bonchev–Trinajstić information content (AvgIpc) is 2.49. The van der Waals surface area contributed by atoms with Gasteiger partial charge < -0.3 is 0 Å². The van der Waals surface area contributed by atoms with Crippen LogP contribution in [0.15, 0.2) is 0 Å². The third-order valence-corrected chi connectivity index (χ3v) is 1.41. The number of unbranched alkanes of at least 4 members (excludes halogenated alkanes) is 4. The molecule has 0 nitrogen and oxygen atoms in total. The Balaban J connectivity index is -0.0000000284. The molecule has 0 aliphatic rings. The second-order valence-electron chi connectivity index (χ2n) is 3.41. The van der Waals surface area contributed by atoms with Gasteiger partial charge in [0.05, 0.1) is 0 Å². The van der Waals surface area contributed by atoms with E-state index in [9.17, 15) is 0 Å². The molecular weight excluding hydrogens is 228 g/mol. The molecule has 19 heavy (non-hydrogen) atoms. The third kappa shape index (κ3) is 288. The molecule has 0 rings (SSSR count). The first-order chi connectivity index (χ1) is 9.24. The molecule has 0 fully saturated rings. The van der Waals surface area contributed by atoms with Gasteiger partial charge in [0.2, 0.25) is 0 Å². The van der Waals surface area contributed by atoms with Gasteiger partial charge in [-0.25, -0.2) is 0 Å². The van der Waals surface area contributed by atoms with Crippen LogP contribution in [-0.2, 0) is 0 Å². The summed E-state index contributed by atoms with van der Waals surface area (Å²) >= 11 is 0. The van der Waals surface area contributed by atoms with Crippen molar-refractivity contribution in [1.82, 2.24) is 0 Å². The Morgan fingerprint density at radius 3 is 0.474 bits per heavy atom. The highest BCUT2D eigenvalue weighted by Gasteiger charge is 1.68. The summed E-state index contributed by atoms with van der Waals surface area (Å²) < 4.78 is 0. The number of hydrogen-bond donors (Lipinski definition) is 0. The van der Waals surface area contributed by atoms with E-state index >= 15 is 0 Å². The van der Waals surface area contributed by atoms with Crippen LogP contribution in [0.25, 0.3) is 0 Å². The zero-order chi connectivity index (χ0) is 16.9. The maximum atomic E-state index is 2.21. The van der Waals surface area contributed by atoms with Crippen LogP contribution in [0.1, 0.15) is 128 Å². The van der Waals surface area contributed by atoms with E-state index in [2.05, 4.69) is 41.5 Å². The molecule has 126 valence electrons. The van der Waals surface area contributed by atoms with Gasteiger partial charge in [-0.15, -0.1) is 0 Å². The molecule has 0 aromatic heterocycles. The fourth-order valence-electron chi connectivity index (χ4n) is 0.707. The molecule has 0 aromatic carbocycles. The van der Waals surface area contributed by atoms with Crippen molar-refractivity contribution in [3.8, 4) is 0 Å². The smallest absolute Gasteiger partial charge is 0.0538 e. The lowest BCUT2D eigenvalue weighted by Crippen LogP contribution is -1.59. The summed E-state index contributed by atoms with van der Waals surface area (Å²) in [5.74, 6) is 0. The highest BCUT2D eigenvalue weighted by atomic mass is 13.7. The van der Waals surface area contributed by atoms with Crippen molar-refractivity contribution in [2.45, 2.75) is 128 Å². The predicted molar refractivity (Wildman–Crippen MR) is 100 cm³/mol. The lowest BCUT2D eigenvalue weighted by Gasteiger charge is -1.79. The summed E-state index contributed by atoms with van der Waals surface area (Å²) in [7, 11) is 0. The van der Waals surface area contributed by atoms with Crippen molar-refractivity contribution in [2.24, 2.45) is 0 Å². The van der Waals surface area contributed by atoms with Gasteiger partial charge in [-0.2, -0.15) is 0 Å². The summed E-state index contributed by atoms with van der Waals surface area (Å²) in [6.45, 7) is 25.1. The molecule has 0 saturated carbocycles. The largest absolute Gasteiger partial charge is 0.0683 e. The minimum absolute atomic E-state index is 1.25. The molecule has 0 saturated heterocycles. The van der Waals surface area contributed by atoms with Crippen LogP contribution < -0.4 is 0 Å². The van der Waals surface area contributed by atoms with Gasteiger partial charge in [0, 0.05) is 0 Å². The summed E-state index contributed by atoms with van der Waals surface area (Å²) in [5.41, 5.74) is 0. The first kappa shape index (κ1) is 36.4. The molecule has 0 heteroatoms. The summed E-state index contributed by atoms with van der Waals surface area (Å²) in [5, 5.41) is 0. The Morgan fingerprint density at radius 2 is 0.474 bits per heavy atom. The van der Waals surface area contributed by atoms with E-state index in [1.807, 2.05) is 41.5 Å². The number of hydrogen-bond acceptors (Lipinski definition) is 0. The quantitative estimate of drug-likeness (QED) is 0.481. The topological polar surface area (TPSA) is 0 Å². The van der Waals surface area contributed by atoms with Crippen molar-refractivity contribution in [2.75, 3.05) is 0 Å². The normalized spacial score (nSPS) is 6.32. The Labute approximate surface area is 128 Å². The lowest BCUT2D eigenvalue weighted by atomic mass is 10.3. The molecule has 0 unspecified atom stereocenters. The van der Waals surface area contributed by atoms with E-state index in [0.717, 1.165) is 0 Å². The van der Waals surface area contributed by atoms with Gasteiger partial charge in [0.25, 0.3) is 0 Å². The maximum Gasteiger partial charge on any atom is -0.0538 e. The molecule has 0 bridgehead atoms. The molecule has 0 aromatic rings. The van der Waals surface area contributed by atoms with Crippen LogP contribution in [0.4, 0.5) is 0 Å². The highest BCUT2D eigenvalue weighted by Crippen LogP contribution is 1.88. The summed E-state index contributed by atoms with van der Waals surface area (Å²) in [6.07, 6.45) is 9.40. The molecule has 0 radical (unpaired) electrons. The average molecular weight is 279 g/mol. The Hall–Kier alpha value is 0. The van der Waals surface area contributed by atoms with Gasteiger partial charge in [0.1, 0.15) is 0 Å². The summed E-state index contributed by atoms with van der Waals surface area (Å²) in [4.78, 5) is 0. The molecule has 0 amide bonds. The van der Waals surface area contributed by atoms with Crippen molar-refractivity contribution >= 4 is 0 Å². The standard InChI is InChI=1S/2C5H12.C3H8.3C2H6/c2*1-3-5-4-2;1-3-2;3*1-2/h2*3-5H2,1-2H3;3H2,1-2H3;3*1-2H3. The minimum Gasteiger partial charge on any atom is -0.0683 e. The van der Waals surface area contributed by atoms with Crippen molar-refractivity contribution in [3.63, 3.8) is 0 Å². The van der Waals surface area contributed by atoms with Crippen LogP contribution >= 0.6 is 0 Å². The van der Waals surface area contributed by atoms with Crippen molar-refractivity contribution in [1.29, 1.82) is 0 Å². The fraction of sp³-hybridized carbons (Fsp3) is 1.00. The van der Waals surface area contributed by atoms with E-state index in [1.165, 1.54) is 44.9 Å². The monoisotopic (exact) mass is 278 g/mol. The first-order valence-corrected chi connectivity index (χ1v) is 9.24. The van der Waals surface area contributed by atoms with Crippen molar-refractivity contribution in [3.05, 3.63) is 0 Å². The Bertz CT molecular complexity index is 29.3. The molecule has 0 aliphatic heterocycles. The van der Waals surface area contributed by atoms with E-state index in [-0.39, 0.29) is 0 Å². The Morgan fingerprint density at radius 1 is 0.368 bits per heavy atom. The second kappa shape index (κ2) is 106. The van der Waals surface area contributed by atoms with E-state index < -0.39 is 0 Å². The predicted octanol–water partition coefficient (Wildman–Crippen LogP) is 8.89.